The first-order chi connectivity index (χ1) is 13.6. The summed E-state index contributed by atoms with van der Waals surface area (Å²) in [6.45, 7) is 4.88. The summed E-state index contributed by atoms with van der Waals surface area (Å²) < 4.78 is 36.9. The number of carbonyl (C=O) groups is 1. The van der Waals surface area contributed by atoms with Crippen LogP contribution in [-0.2, 0) is 27.7 Å². The summed E-state index contributed by atoms with van der Waals surface area (Å²) in [6.07, 6.45) is 1.35. The van der Waals surface area contributed by atoms with Crippen LogP contribution < -0.4 is 10.0 Å². The maximum absolute atomic E-state index is 13.7. The molecule has 0 saturated heterocycles. The molecule has 6 nitrogen and oxygen atoms in total. The van der Waals surface area contributed by atoms with Crippen molar-refractivity contribution in [3.05, 3.63) is 58.9 Å². The van der Waals surface area contributed by atoms with Crippen LogP contribution in [0.2, 0.25) is 0 Å². The molecule has 4 rings (SSSR count). The zero-order valence-corrected chi connectivity index (χ0v) is 17.2. The molecule has 29 heavy (non-hydrogen) atoms. The van der Waals surface area contributed by atoms with E-state index in [1.165, 1.54) is 12.1 Å². The van der Waals surface area contributed by atoms with Gasteiger partial charge in [-0.3, -0.25) is 9.69 Å². The highest BCUT2D eigenvalue weighted by atomic mass is 32.2. The quantitative estimate of drug-likeness (QED) is 0.831. The number of amides is 1. The van der Waals surface area contributed by atoms with Crippen molar-refractivity contribution in [2.45, 2.75) is 43.7 Å². The minimum atomic E-state index is -3.78. The Bertz CT molecular complexity index is 1090. The molecule has 2 aliphatic heterocycles. The number of benzene rings is 2. The molecule has 0 aromatic heterocycles. The Morgan fingerprint density at radius 2 is 1.93 bits per heavy atom. The molecule has 2 unspecified atom stereocenters. The standard InChI is InChI=1S/C21H24FN3O3S/c1-13-9-16-10-18(29(23,27)28)5-6-20(16)25(13)21(26)12-24-8-7-15-3-4-17(22)11-19(15)14(24)2/h3-6,10-11,13-14H,7-9,12H2,1-2H3,(H2,23,27,28). The molecular weight excluding hydrogens is 393 g/mol. The fraction of sp³-hybridized carbons (Fsp3) is 0.381. The summed E-state index contributed by atoms with van der Waals surface area (Å²) in [5, 5.41) is 5.23. The third kappa shape index (κ3) is 3.68. The van der Waals surface area contributed by atoms with Crippen LogP contribution in [0.15, 0.2) is 41.3 Å². The predicted octanol–water partition coefficient (Wildman–Crippen LogP) is 2.37. The molecule has 2 aliphatic rings. The molecule has 2 N–H and O–H groups in total. The molecule has 0 spiro atoms. The third-order valence-electron chi connectivity index (χ3n) is 5.98. The second-order valence-corrected chi connectivity index (χ2v) is 9.45. The molecule has 1 amide bonds. The van der Waals surface area contributed by atoms with Crippen molar-refractivity contribution in [1.29, 1.82) is 0 Å². The molecular formula is C21H24FN3O3S. The van der Waals surface area contributed by atoms with Crippen LogP contribution in [-0.4, -0.2) is 38.4 Å². The van der Waals surface area contributed by atoms with E-state index < -0.39 is 10.0 Å². The molecule has 0 saturated carbocycles. The lowest BCUT2D eigenvalue weighted by Gasteiger charge is -2.36. The number of hydrogen-bond acceptors (Lipinski definition) is 4. The van der Waals surface area contributed by atoms with Crippen LogP contribution in [0.1, 0.15) is 36.6 Å². The first kappa shape index (κ1) is 20.0. The summed E-state index contributed by atoms with van der Waals surface area (Å²) >= 11 is 0. The van der Waals surface area contributed by atoms with Crippen molar-refractivity contribution in [2.75, 3.05) is 18.0 Å². The molecule has 2 atom stereocenters. The predicted molar refractivity (Wildman–Crippen MR) is 109 cm³/mol. The summed E-state index contributed by atoms with van der Waals surface area (Å²) in [5.41, 5.74) is 3.58. The molecule has 2 aromatic rings. The van der Waals surface area contributed by atoms with Crippen molar-refractivity contribution >= 4 is 21.6 Å². The Hall–Kier alpha value is -2.29. The number of primary sulfonamides is 1. The van der Waals surface area contributed by atoms with Crippen molar-refractivity contribution in [2.24, 2.45) is 5.14 Å². The van der Waals surface area contributed by atoms with Gasteiger partial charge in [-0.15, -0.1) is 0 Å². The summed E-state index contributed by atoms with van der Waals surface area (Å²) in [5.74, 6) is -0.317. The van der Waals surface area contributed by atoms with E-state index >= 15 is 0 Å². The van der Waals surface area contributed by atoms with Gasteiger partial charge in [0.25, 0.3) is 0 Å². The maximum Gasteiger partial charge on any atom is 0.241 e. The van der Waals surface area contributed by atoms with Gasteiger partial charge in [-0.2, -0.15) is 0 Å². The van der Waals surface area contributed by atoms with Crippen LogP contribution in [0.3, 0.4) is 0 Å². The molecule has 154 valence electrons. The number of anilines is 1. The Labute approximate surface area is 170 Å². The van der Waals surface area contributed by atoms with Crippen molar-refractivity contribution in [3.63, 3.8) is 0 Å². The fourth-order valence-electron chi connectivity index (χ4n) is 4.47. The number of hydrogen-bond donors (Lipinski definition) is 1. The maximum atomic E-state index is 13.7. The van der Waals surface area contributed by atoms with Gasteiger partial charge in [0.2, 0.25) is 15.9 Å². The highest BCUT2D eigenvalue weighted by molar-refractivity contribution is 7.89. The minimum absolute atomic E-state index is 0.0497. The molecule has 0 aliphatic carbocycles. The van der Waals surface area contributed by atoms with Crippen LogP contribution in [0.5, 0.6) is 0 Å². The summed E-state index contributed by atoms with van der Waals surface area (Å²) in [6, 6.07) is 9.37. The number of sulfonamides is 1. The highest BCUT2D eigenvalue weighted by Crippen LogP contribution is 2.35. The van der Waals surface area contributed by atoms with E-state index in [1.54, 1.807) is 23.1 Å². The van der Waals surface area contributed by atoms with Gasteiger partial charge in [-0.05, 0) is 73.7 Å². The highest BCUT2D eigenvalue weighted by Gasteiger charge is 2.34. The Morgan fingerprint density at radius 3 is 2.66 bits per heavy atom. The van der Waals surface area contributed by atoms with E-state index in [1.807, 2.05) is 19.9 Å². The lowest BCUT2D eigenvalue weighted by atomic mass is 9.93. The Balaban J connectivity index is 1.56. The van der Waals surface area contributed by atoms with Crippen molar-refractivity contribution in [3.8, 4) is 0 Å². The number of fused-ring (bicyclic) bond motifs is 2. The first-order valence-electron chi connectivity index (χ1n) is 9.65. The molecule has 8 heteroatoms. The number of nitrogens with two attached hydrogens (primary N) is 1. The van der Waals surface area contributed by atoms with E-state index in [2.05, 4.69) is 4.90 Å². The topological polar surface area (TPSA) is 83.7 Å². The lowest BCUT2D eigenvalue weighted by molar-refractivity contribution is -0.120. The van der Waals surface area contributed by atoms with Crippen LogP contribution >= 0.6 is 0 Å². The lowest BCUT2D eigenvalue weighted by Crippen LogP contribution is -2.45. The molecule has 0 bridgehead atoms. The first-order valence-corrected chi connectivity index (χ1v) is 11.2. The molecule has 0 fully saturated rings. The van der Waals surface area contributed by atoms with Gasteiger partial charge in [0.15, 0.2) is 0 Å². The number of nitrogens with zero attached hydrogens (tertiary/aromatic N) is 2. The van der Waals surface area contributed by atoms with E-state index in [-0.39, 0.29) is 35.2 Å². The number of rotatable bonds is 3. The van der Waals surface area contributed by atoms with E-state index in [0.717, 1.165) is 35.3 Å². The van der Waals surface area contributed by atoms with Gasteiger partial charge >= 0.3 is 0 Å². The van der Waals surface area contributed by atoms with Crippen molar-refractivity contribution in [1.82, 2.24) is 4.90 Å². The number of halogens is 1. The summed E-state index contributed by atoms with van der Waals surface area (Å²) in [4.78, 5) is 17.0. The molecule has 2 heterocycles. The van der Waals surface area contributed by atoms with Gasteiger partial charge < -0.3 is 4.90 Å². The van der Waals surface area contributed by atoms with Crippen LogP contribution in [0.25, 0.3) is 0 Å². The Morgan fingerprint density at radius 1 is 1.17 bits per heavy atom. The van der Waals surface area contributed by atoms with E-state index in [4.69, 9.17) is 5.14 Å². The average molecular weight is 418 g/mol. The fourth-order valence-corrected chi connectivity index (χ4v) is 5.03. The Kier molecular flexibility index (Phi) is 4.96. The van der Waals surface area contributed by atoms with Crippen LogP contribution in [0.4, 0.5) is 10.1 Å². The van der Waals surface area contributed by atoms with Gasteiger partial charge in [0.05, 0.1) is 11.4 Å². The second-order valence-electron chi connectivity index (χ2n) is 7.89. The smallest absolute Gasteiger partial charge is 0.241 e. The molecule has 0 radical (unpaired) electrons. The largest absolute Gasteiger partial charge is 0.308 e. The van der Waals surface area contributed by atoms with Gasteiger partial charge in [0, 0.05) is 24.3 Å². The van der Waals surface area contributed by atoms with Gasteiger partial charge in [-0.1, -0.05) is 6.07 Å². The van der Waals surface area contributed by atoms with Crippen LogP contribution in [0, 0.1) is 5.82 Å². The van der Waals surface area contributed by atoms with E-state index in [9.17, 15) is 17.6 Å². The average Bonchev–Trinajstić information content (AvgIpc) is 2.98. The SMILES string of the molecule is CC1c2cc(F)ccc2CCN1CC(=O)N1c2ccc(S(N)(=O)=O)cc2CC1C. The number of carbonyl (C=O) groups excluding carboxylic acids is 1. The normalized spacial score (nSPS) is 21.7. The summed E-state index contributed by atoms with van der Waals surface area (Å²) in [7, 11) is -3.78. The van der Waals surface area contributed by atoms with Gasteiger partial charge in [0.1, 0.15) is 5.82 Å². The zero-order valence-electron chi connectivity index (χ0n) is 16.4. The monoisotopic (exact) mass is 417 g/mol. The third-order valence-corrected chi connectivity index (χ3v) is 6.89. The zero-order chi connectivity index (χ0) is 20.9. The molecule has 2 aromatic carbocycles. The second kappa shape index (κ2) is 7.19. The van der Waals surface area contributed by atoms with Gasteiger partial charge in [-0.25, -0.2) is 17.9 Å². The van der Waals surface area contributed by atoms with E-state index in [0.29, 0.717) is 6.42 Å². The van der Waals surface area contributed by atoms with Crippen molar-refractivity contribution < 1.29 is 17.6 Å². The minimum Gasteiger partial charge on any atom is -0.308 e.